The molecule has 168 valence electrons. The molecule has 33 heavy (non-hydrogen) atoms. The Balaban J connectivity index is 1.73. The van der Waals surface area contributed by atoms with Gasteiger partial charge in [0.2, 0.25) is 11.7 Å². The van der Waals surface area contributed by atoms with Gasteiger partial charge in [-0.15, -0.1) is 0 Å². The second-order valence-corrected chi connectivity index (χ2v) is 8.06. The van der Waals surface area contributed by atoms with Crippen molar-refractivity contribution in [1.29, 1.82) is 0 Å². The van der Waals surface area contributed by atoms with Gasteiger partial charge in [-0.3, -0.25) is 30.0 Å². The molecule has 0 saturated carbocycles. The van der Waals surface area contributed by atoms with E-state index in [1.54, 1.807) is 17.1 Å². The molecule has 2 aromatic carbocycles. The summed E-state index contributed by atoms with van der Waals surface area (Å²) in [6.45, 7) is 1.95. The second-order valence-electron chi connectivity index (χ2n) is 8.06. The molecule has 2 fully saturated rings. The van der Waals surface area contributed by atoms with Crippen LogP contribution >= 0.6 is 0 Å². The van der Waals surface area contributed by atoms with Crippen LogP contribution in [0.5, 0.6) is 0 Å². The Labute approximate surface area is 187 Å². The van der Waals surface area contributed by atoms with E-state index in [0.717, 1.165) is 5.56 Å². The maximum absolute atomic E-state index is 13.0. The highest BCUT2D eigenvalue weighted by atomic mass is 16.6. The van der Waals surface area contributed by atoms with E-state index in [1.807, 2.05) is 35.3 Å². The summed E-state index contributed by atoms with van der Waals surface area (Å²) < 4.78 is 5.54. The van der Waals surface area contributed by atoms with Crippen LogP contribution < -0.4 is 0 Å². The van der Waals surface area contributed by atoms with E-state index < -0.39 is 27.8 Å². The summed E-state index contributed by atoms with van der Waals surface area (Å²) in [5.41, 5.74) is 1.34. The average molecular weight is 449 g/mol. The molecule has 3 aromatic rings. The number of nitro groups is 2. The molecule has 0 aliphatic carbocycles. The molecule has 1 amide bonds. The number of aromatic nitrogens is 1. The van der Waals surface area contributed by atoms with Gasteiger partial charge in [0.25, 0.3) is 5.69 Å². The SMILES string of the molecule is Cc1noc(C2C(c3ccccc3)N3CCC(=O)N3C2c2ccc([N+](=O)[O-])cc2)c1[N+](=O)[O-]. The fraction of sp³-hybridized carbons (Fsp3) is 0.273. The van der Waals surface area contributed by atoms with Gasteiger partial charge in [0.1, 0.15) is 0 Å². The van der Waals surface area contributed by atoms with E-state index in [9.17, 15) is 25.0 Å². The maximum Gasteiger partial charge on any atom is 0.334 e. The monoisotopic (exact) mass is 449 g/mol. The van der Waals surface area contributed by atoms with E-state index in [2.05, 4.69) is 5.16 Å². The normalized spacial score (nSPS) is 22.5. The minimum absolute atomic E-state index is 0.0805. The van der Waals surface area contributed by atoms with Crippen LogP contribution in [0.3, 0.4) is 0 Å². The Kier molecular flexibility index (Phi) is 4.90. The largest absolute Gasteiger partial charge is 0.353 e. The molecule has 11 heteroatoms. The number of rotatable bonds is 5. The van der Waals surface area contributed by atoms with Crippen LogP contribution in [0.4, 0.5) is 11.4 Å². The summed E-state index contributed by atoms with van der Waals surface area (Å²) in [6, 6.07) is 14.3. The van der Waals surface area contributed by atoms with Gasteiger partial charge in [-0.1, -0.05) is 47.6 Å². The molecule has 3 heterocycles. The first-order chi connectivity index (χ1) is 15.9. The number of benzene rings is 2. The Morgan fingerprint density at radius 2 is 1.64 bits per heavy atom. The summed E-state index contributed by atoms with van der Waals surface area (Å²) in [7, 11) is 0. The van der Waals surface area contributed by atoms with Crippen LogP contribution in [-0.2, 0) is 4.79 Å². The average Bonchev–Trinajstić information content (AvgIpc) is 3.47. The minimum Gasteiger partial charge on any atom is -0.353 e. The number of fused-ring (bicyclic) bond motifs is 1. The fourth-order valence-corrected chi connectivity index (χ4v) is 4.96. The van der Waals surface area contributed by atoms with E-state index >= 15 is 0 Å². The van der Waals surface area contributed by atoms with Crippen molar-refractivity contribution in [3.8, 4) is 0 Å². The summed E-state index contributed by atoms with van der Waals surface area (Å²) in [4.78, 5) is 35.0. The van der Waals surface area contributed by atoms with Crippen molar-refractivity contribution >= 4 is 17.3 Å². The van der Waals surface area contributed by atoms with Gasteiger partial charge in [0.05, 0.1) is 27.8 Å². The zero-order valence-corrected chi connectivity index (χ0v) is 17.5. The number of hydrazine groups is 1. The van der Waals surface area contributed by atoms with Crippen LogP contribution in [0.1, 0.15) is 47.0 Å². The molecule has 0 bridgehead atoms. The van der Waals surface area contributed by atoms with E-state index in [1.165, 1.54) is 19.1 Å². The lowest BCUT2D eigenvalue weighted by Gasteiger charge is -2.27. The minimum atomic E-state index is -0.655. The lowest BCUT2D eigenvalue weighted by atomic mass is 9.82. The lowest BCUT2D eigenvalue weighted by Crippen LogP contribution is -2.35. The first kappa shape index (κ1) is 20.8. The van der Waals surface area contributed by atoms with Gasteiger partial charge in [0.15, 0.2) is 5.69 Å². The first-order valence-corrected chi connectivity index (χ1v) is 10.4. The number of non-ortho nitro benzene ring substituents is 1. The molecule has 2 aliphatic rings. The van der Waals surface area contributed by atoms with Crippen molar-refractivity contribution in [2.45, 2.75) is 31.3 Å². The predicted molar refractivity (Wildman–Crippen MR) is 114 cm³/mol. The van der Waals surface area contributed by atoms with Gasteiger partial charge in [-0.05, 0) is 18.1 Å². The third-order valence-electron chi connectivity index (χ3n) is 6.28. The number of hydrogen-bond acceptors (Lipinski definition) is 8. The summed E-state index contributed by atoms with van der Waals surface area (Å²) >= 11 is 0. The second kappa shape index (κ2) is 7.78. The standard InChI is InChI=1S/C22H19N5O6/c1-13-19(27(31)32)22(33-23-13)18-20(14-5-3-2-4-6-14)24-12-11-17(28)25(24)21(18)15-7-9-16(10-8-15)26(29)30/h2-10,18,20-21H,11-12H2,1H3. The van der Waals surface area contributed by atoms with Crippen LogP contribution in [0.25, 0.3) is 0 Å². The van der Waals surface area contributed by atoms with E-state index in [0.29, 0.717) is 18.5 Å². The number of carbonyl (C=O) groups excluding carboxylic acids is 1. The van der Waals surface area contributed by atoms with Gasteiger partial charge < -0.3 is 4.52 Å². The van der Waals surface area contributed by atoms with Gasteiger partial charge in [-0.25, -0.2) is 5.01 Å². The zero-order chi connectivity index (χ0) is 23.3. The van der Waals surface area contributed by atoms with Gasteiger partial charge >= 0.3 is 5.69 Å². The summed E-state index contributed by atoms with van der Waals surface area (Å²) in [5.74, 6) is -0.697. The van der Waals surface area contributed by atoms with Crippen molar-refractivity contribution in [1.82, 2.24) is 15.2 Å². The molecule has 5 rings (SSSR count). The number of hydrogen-bond donors (Lipinski definition) is 0. The molecule has 0 N–H and O–H groups in total. The van der Waals surface area contributed by atoms with Crippen LogP contribution in [0.15, 0.2) is 59.1 Å². The predicted octanol–water partition coefficient (Wildman–Crippen LogP) is 3.83. The Morgan fingerprint density at radius 3 is 2.27 bits per heavy atom. The van der Waals surface area contributed by atoms with Crippen molar-refractivity contribution in [2.75, 3.05) is 6.54 Å². The molecular weight excluding hydrogens is 430 g/mol. The van der Waals surface area contributed by atoms with Crippen LogP contribution in [-0.4, -0.2) is 37.5 Å². The molecule has 1 aromatic heterocycles. The molecule has 0 spiro atoms. The third kappa shape index (κ3) is 3.24. The van der Waals surface area contributed by atoms with Crippen molar-refractivity contribution < 1.29 is 19.2 Å². The molecule has 3 atom stereocenters. The number of aryl methyl sites for hydroxylation is 1. The van der Waals surface area contributed by atoms with E-state index in [-0.39, 0.29) is 28.7 Å². The van der Waals surface area contributed by atoms with Gasteiger partial charge in [-0.2, -0.15) is 0 Å². The topological polar surface area (TPSA) is 136 Å². The molecule has 11 nitrogen and oxygen atoms in total. The quantitative estimate of drug-likeness (QED) is 0.423. The lowest BCUT2D eigenvalue weighted by molar-refractivity contribution is -0.386. The molecular formula is C22H19N5O6. The third-order valence-corrected chi connectivity index (χ3v) is 6.28. The highest BCUT2D eigenvalue weighted by Crippen LogP contribution is 2.57. The molecule has 3 unspecified atom stereocenters. The Morgan fingerprint density at radius 1 is 0.970 bits per heavy atom. The van der Waals surface area contributed by atoms with Crippen molar-refractivity contribution in [3.63, 3.8) is 0 Å². The van der Waals surface area contributed by atoms with Crippen molar-refractivity contribution in [2.24, 2.45) is 0 Å². The Bertz CT molecular complexity index is 1240. The van der Waals surface area contributed by atoms with E-state index in [4.69, 9.17) is 4.52 Å². The van der Waals surface area contributed by atoms with Crippen LogP contribution in [0.2, 0.25) is 0 Å². The summed E-state index contributed by atoms with van der Waals surface area (Å²) in [6.07, 6.45) is 0.303. The van der Waals surface area contributed by atoms with Crippen LogP contribution in [0, 0.1) is 27.2 Å². The number of nitro benzene ring substituents is 1. The number of amides is 1. The van der Waals surface area contributed by atoms with Gasteiger partial charge in [0, 0.05) is 25.1 Å². The smallest absolute Gasteiger partial charge is 0.334 e. The number of carbonyl (C=O) groups is 1. The molecule has 2 aliphatic heterocycles. The zero-order valence-electron chi connectivity index (χ0n) is 17.5. The fourth-order valence-electron chi connectivity index (χ4n) is 4.96. The molecule has 2 saturated heterocycles. The highest BCUT2D eigenvalue weighted by Gasteiger charge is 2.57. The number of nitrogens with zero attached hydrogens (tertiary/aromatic N) is 5. The summed E-state index contributed by atoms with van der Waals surface area (Å²) in [5, 5.41) is 30.5. The highest BCUT2D eigenvalue weighted by molar-refractivity contribution is 5.79. The first-order valence-electron chi connectivity index (χ1n) is 10.4. The maximum atomic E-state index is 13.0. The molecule has 0 radical (unpaired) electrons. The van der Waals surface area contributed by atoms with Crippen molar-refractivity contribution in [3.05, 3.63) is 97.4 Å². The Hall–Kier alpha value is -4.12.